The molecule has 0 atom stereocenters. The quantitative estimate of drug-likeness (QED) is 0.669. The van der Waals surface area contributed by atoms with E-state index in [0.29, 0.717) is 35.7 Å². The molecule has 0 aliphatic carbocycles. The average Bonchev–Trinajstić information content (AvgIpc) is 3.26. The molecule has 9 heteroatoms. The van der Waals surface area contributed by atoms with E-state index >= 15 is 0 Å². The van der Waals surface area contributed by atoms with Crippen molar-refractivity contribution in [3.8, 4) is 5.75 Å². The van der Waals surface area contributed by atoms with E-state index in [9.17, 15) is 14.4 Å². The van der Waals surface area contributed by atoms with E-state index in [2.05, 4.69) is 9.97 Å². The zero-order chi connectivity index (χ0) is 21.7. The zero-order valence-corrected chi connectivity index (χ0v) is 17.4. The number of carbonyl (C=O) groups is 1. The highest BCUT2D eigenvalue weighted by Crippen LogP contribution is 2.30. The van der Waals surface area contributed by atoms with Crippen molar-refractivity contribution in [2.75, 3.05) is 19.7 Å². The minimum atomic E-state index is -0.402. The summed E-state index contributed by atoms with van der Waals surface area (Å²) in [6.45, 7) is 1.46. The van der Waals surface area contributed by atoms with E-state index in [1.807, 2.05) is 35.2 Å². The van der Waals surface area contributed by atoms with Gasteiger partial charge in [0.15, 0.2) is 5.65 Å². The van der Waals surface area contributed by atoms with E-state index in [4.69, 9.17) is 4.74 Å². The normalized spacial score (nSPS) is 16.7. The first-order valence-electron chi connectivity index (χ1n) is 10.3. The molecule has 9 nitrogen and oxygen atoms in total. The van der Waals surface area contributed by atoms with Crippen molar-refractivity contribution in [2.45, 2.75) is 18.8 Å². The largest absolute Gasteiger partial charge is 0.488 e. The van der Waals surface area contributed by atoms with Gasteiger partial charge in [0.25, 0.3) is 11.5 Å². The van der Waals surface area contributed by atoms with Gasteiger partial charge in [0.1, 0.15) is 23.7 Å². The van der Waals surface area contributed by atoms with Gasteiger partial charge in [-0.3, -0.25) is 18.7 Å². The number of rotatable bonds is 2. The number of benzene rings is 1. The van der Waals surface area contributed by atoms with Crippen LogP contribution in [0.5, 0.6) is 5.75 Å². The lowest BCUT2D eigenvalue weighted by molar-refractivity contribution is -0.128. The van der Waals surface area contributed by atoms with Gasteiger partial charge < -0.3 is 14.6 Å². The Balaban J connectivity index is 1.33. The van der Waals surface area contributed by atoms with E-state index in [0.717, 1.165) is 28.7 Å². The maximum absolute atomic E-state index is 13.0. The molecule has 2 aliphatic rings. The second kappa shape index (κ2) is 7.26. The summed E-state index contributed by atoms with van der Waals surface area (Å²) >= 11 is 0. The average molecular weight is 421 g/mol. The third-order valence-corrected chi connectivity index (χ3v) is 6.19. The van der Waals surface area contributed by atoms with E-state index in [1.54, 1.807) is 7.05 Å². The first kappa shape index (κ1) is 19.3. The number of imidazole rings is 1. The predicted octanol–water partition coefficient (Wildman–Crippen LogP) is 1.14. The van der Waals surface area contributed by atoms with Gasteiger partial charge in [0, 0.05) is 38.7 Å². The van der Waals surface area contributed by atoms with E-state index < -0.39 is 5.69 Å². The summed E-state index contributed by atoms with van der Waals surface area (Å²) in [5, 5.41) is 0. The molecule has 0 radical (unpaired) electrons. The molecule has 1 fully saturated rings. The van der Waals surface area contributed by atoms with Crippen molar-refractivity contribution >= 4 is 23.1 Å². The number of fused-ring (bicyclic) bond motifs is 2. The van der Waals surface area contributed by atoms with Gasteiger partial charge >= 0.3 is 5.69 Å². The standard InChI is InChI=1S/C22H23N5O4/c1-25-19-17(21(29)26(2)22(25)30)23-18(24-19)13-7-9-27(10-8-13)20(28)15-11-14-5-3-4-6-16(14)31-12-15/h3-6,11,13H,7-10,12H2,1-2H3,(H,23,24). The number of likely N-dealkylation sites (tertiary alicyclic amines) is 1. The number of amides is 1. The van der Waals surface area contributed by atoms with E-state index in [-0.39, 0.29) is 24.0 Å². The summed E-state index contributed by atoms with van der Waals surface area (Å²) in [5.41, 5.74) is 1.49. The number of nitrogens with one attached hydrogen (secondary N) is 1. The first-order valence-corrected chi connectivity index (χ1v) is 10.3. The van der Waals surface area contributed by atoms with Crippen LogP contribution in [0.25, 0.3) is 17.2 Å². The molecular formula is C22H23N5O4. The molecule has 1 amide bonds. The number of piperidine rings is 1. The highest BCUT2D eigenvalue weighted by molar-refractivity contribution is 5.99. The molecule has 0 spiro atoms. The molecule has 3 aromatic rings. The van der Waals surface area contributed by atoms with Crippen LogP contribution in [0, 0.1) is 0 Å². The lowest BCUT2D eigenvalue weighted by Gasteiger charge is -2.32. The summed E-state index contributed by atoms with van der Waals surface area (Å²) in [5.74, 6) is 1.57. The summed E-state index contributed by atoms with van der Waals surface area (Å²) in [7, 11) is 3.06. The molecule has 4 heterocycles. The number of carbonyl (C=O) groups excluding carboxylic acids is 1. The summed E-state index contributed by atoms with van der Waals surface area (Å²) < 4.78 is 8.17. The number of H-pyrrole nitrogens is 1. The molecule has 2 aromatic heterocycles. The number of hydrogen-bond donors (Lipinski definition) is 1. The van der Waals surface area contributed by atoms with Crippen molar-refractivity contribution < 1.29 is 9.53 Å². The second-order valence-electron chi connectivity index (χ2n) is 8.09. The lowest BCUT2D eigenvalue weighted by Crippen LogP contribution is -2.40. The lowest BCUT2D eigenvalue weighted by atomic mass is 9.95. The molecule has 0 unspecified atom stereocenters. The molecule has 1 aromatic carbocycles. The molecule has 160 valence electrons. The van der Waals surface area contributed by atoms with Crippen LogP contribution in [0.3, 0.4) is 0 Å². The van der Waals surface area contributed by atoms with Crippen LogP contribution in [0.15, 0.2) is 39.4 Å². The summed E-state index contributed by atoms with van der Waals surface area (Å²) in [6.07, 6.45) is 3.36. The van der Waals surface area contributed by atoms with Crippen molar-refractivity contribution in [2.24, 2.45) is 14.1 Å². The fourth-order valence-electron chi connectivity index (χ4n) is 4.34. The number of para-hydroxylation sites is 1. The van der Waals surface area contributed by atoms with Crippen LogP contribution in [0.1, 0.15) is 30.1 Å². The summed E-state index contributed by atoms with van der Waals surface area (Å²) in [4.78, 5) is 47.0. The number of ether oxygens (including phenoxy) is 1. The van der Waals surface area contributed by atoms with Gasteiger partial charge in [-0.1, -0.05) is 18.2 Å². The van der Waals surface area contributed by atoms with E-state index in [1.165, 1.54) is 11.6 Å². The minimum absolute atomic E-state index is 0.00572. The van der Waals surface area contributed by atoms with Gasteiger partial charge in [0.05, 0.1) is 5.57 Å². The molecular weight excluding hydrogens is 398 g/mol. The van der Waals surface area contributed by atoms with Crippen molar-refractivity contribution in [1.29, 1.82) is 0 Å². The summed E-state index contributed by atoms with van der Waals surface area (Å²) in [6, 6.07) is 7.67. The third-order valence-electron chi connectivity index (χ3n) is 6.19. The monoisotopic (exact) mass is 421 g/mol. The molecule has 0 saturated carbocycles. The van der Waals surface area contributed by atoms with Crippen molar-refractivity contribution in [1.82, 2.24) is 24.0 Å². The van der Waals surface area contributed by atoms with Crippen LogP contribution in [0.4, 0.5) is 0 Å². The molecule has 0 bridgehead atoms. The number of nitrogens with zero attached hydrogens (tertiary/aromatic N) is 4. The smallest absolute Gasteiger partial charge is 0.332 e. The fourth-order valence-corrected chi connectivity index (χ4v) is 4.34. The molecule has 1 N–H and O–H groups in total. The number of aryl methyl sites for hydroxylation is 1. The first-order chi connectivity index (χ1) is 14.9. The van der Waals surface area contributed by atoms with Gasteiger partial charge in [0.2, 0.25) is 0 Å². The van der Waals surface area contributed by atoms with Crippen molar-refractivity contribution in [3.05, 3.63) is 62.1 Å². The Hall–Kier alpha value is -3.62. The zero-order valence-electron chi connectivity index (χ0n) is 17.4. The van der Waals surface area contributed by atoms with Gasteiger partial charge in [-0.25, -0.2) is 9.78 Å². The third kappa shape index (κ3) is 3.17. The maximum Gasteiger partial charge on any atom is 0.332 e. The predicted molar refractivity (Wildman–Crippen MR) is 115 cm³/mol. The van der Waals surface area contributed by atoms with Crippen molar-refractivity contribution in [3.63, 3.8) is 0 Å². The van der Waals surface area contributed by atoms with Crippen LogP contribution >= 0.6 is 0 Å². The van der Waals surface area contributed by atoms with Crippen LogP contribution in [-0.4, -0.2) is 49.6 Å². The van der Waals surface area contributed by atoms with Crippen LogP contribution in [-0.2, 0) is 18.9 Å². The molecule has 2 aliphatic heterocycles. The Bertz CT molecular complexity index is 1340. The van der Waals surface area contributed by atoms with Crippen LogP contribution < -0.4 is 16.0 Å². The number of hydrogen-bond acceptors (Lipinski definition) is 5. The fraction of sp³-hybridized carbons (Fsp3) is 0.364. The number of aromatic nitrogens is 4. The molecule has 5 rings (SSSR count). The Labute approximate surface area is 177 Å². The Kier molecular flexibility index (Phi) is 4.53. The second-order valence-corrected chi connectivity index (χ2v) is 8.09. The van der Waals surface area contributed by atoms with Gasteiger partial charge in [-0.15, -0.1) is 0 Å². The molecule has 1 saturated heterocycles. The Morgan fingerprint density at radius 2 is 1.87 bits per heavy atom. The Morgan fingerprint density at radius 1 is 1.13 bits per heavy atom. The van der Waals surface area contributed by atoms with Gasteiger partial charge in [-0.2, -0.15) is 0 Å². The number of aromatic amines is 1. The van der Waals surface area contributed by atoms with Gasteiger partial charge in [-0.05, 0) is 25.0 Å². The highest BCUT2D eigenvalue weighted by Gasteiger charge is 2.29. The van der Waals surface area contributed by atoms with Crippen LogP contribution in [0.2, 0.25) is 0 Å². The molecule has 31 heavy (non-hydrogen) atoms. The SMILES string of the molecule is Cn1c(=O)c2[nH]c(C3CCN(C(=O)C4=Cc5ccccc5OC4)CC3)nc2n(C)c1=O. The Morgan fingerprint density at radius 3 is 2.65 bits per heavy atom. The topological polar surface area (TPSA) is 102 Å². The minimum Gasteiger partial charge on any atom is -0.488 e. The highest BCUT2D eigenvalue weighted by atomic mass is 16.5. The maximum atomic E-state index is 13.0.